The fourth-order valence-corrected chi connectivity index (χ4v) is 2.88. The predicted molar refractivity (Wildman–Crippen MR) is 87.8 cm³/mol. The van der Waals surface area contributed by atoms with Crippen LogP contribution in [0.5, 0.6) is 5.75 Å². The van der Waals surface area contributed by atoms with Gasteiger partial charge in [0.15, 0.2) is 0 Å². The first-order chi connectivity index (χ1) is 11.0. The highest BCUT2D eigenvalue weighted by atomic mass is 16.5. The average Bonchev–Trinajstić information content (AvgIpc) is 2.99. The smallest absolute Gasteiger partial charge is 0.305 e. The highest BCUT2D eigenvalue weighted by Crippen LogP contribution is 2.25. The number of carbonyl (C=O) groups is 2. The SMILES string of the molecule is CC(C)N(CCC(=O)O)C(=O)c1cccc(OC2CCCC2)c1. The summed E-state index contributed by atoms with van der Waals surface area (Å²) in [4.78, 5) is 25.0. The third-order valence-electron chi connectivity index (χ3n) is 4.14. The fraction of sp³-hybridized carbons (Fsp3) is 0.556. The van der Waals surface area contributed by atoms with Crippen LogP contribution in [0.25, 0.3) is 0 Å². The molecular formula is C18H25NO4. The van der Waals surface area contributed by atoms with Gasteiger partial charge in [-0.3, -0.25) is 9.59 Å². The molecule has 0 spiro atoms. The van der Waals surface area contributed by atoms with Crippen LogP contribution in [-0.2, 0) is 4.79 Å². The third-order valence-corrected chi connectivity index (χ3v) is 4.14. The molecular weight excluding hydrogens is 294 g/mol. The summed E-state index contributed by atoms with van der Waals surface area (Å²) in [5.74, 6) is -0.343. The van der Waals surface area contributed by atoms with E-state index < -0.39 is 5.97 Å². The molecule has 1 amide bonds. The van der Waals surface area contributed by atoms with Crippen molar-refractivity contribution in [1.82, 2.24) is 4.90 Å². The first-order valence-corrected chi connectivity index (χ1v) is 8.27. The van der Waals surface area contributed by atoms with E-state index in [9.17, 15) is 9.59 Å². The maximum Gasteiger partial charge on any atom is 0.305 e. The largest absolute Gasteiger partial charge is 0.490 e. The zero-order valence-electron chi connectivity index (χ0n) is 13.8. The lowest BCUT2D eigenvalue weighted by Gasteiger charge is -2.26. The van der Waals surface area contributed by atoms with Gasteiger partial charge in [-0.1, -0.05) is 6.07 Å². The van der Waals surface area contributed by atoms with E-state index in [1.54, 1.807) is 17.0 Å². The van der Waals surface area contributed by atoms with Gasteiger partial charge in [0.1, 0.15) is 5.75 Å². The Morgan fingerprint density at radius 1 is 1.30 bits per heavy atom. The number of carbonyl (C=O) groups excluding carboxylic acids is 1. The Hall–Kier alpha value is -2.04. The summed E-state index contributed by atoms with van der Waals surface area (Å²) >= 11 is 0. The first-order valence-electron chi connectivity index (χ1n) is 8.27. The van der Waals surface area contributed by atoms with E-state index in [1.807, 2.05) is 26.0 Å². The van der Waals surface area contributed by atoms with Crippen molar-refractivity contribution in [2.75, 3.05) is 6.54 Å². The summed E-state index contributed by atoms with van der Waals surface area (Å²) in [6, 6.07) is 7.14. The quantitative estimate of drug-likeness (QED) is 0.837. The number of aliphatic carboxylic acids is 1. The molecule has 1 aromatic carbocycles. The lowest BCUT2D eigenvalue weighted by Crippen LogP contribution is -2.38. The van der Waals surface area contributed by atoms with Crippen LogP contribution >= 0.6 is 0 Å². The molecule has 1 fully saturated rings. The van der Waals surface area contributed by atoms with Crippen LogP contribution in [0.3, 0.4) is 0 Å². The summed E-state index contributed by atoms with van der Waals surface area (Å²) in [6.45, 7) is 3.98. The third kappa shape index (κ3) is 4.98. The molecule has 0 aliphatic heterocycles. The number of benzene rings is 1. The van der Waals surface area contributed by atoms with Crippen molar-refractivity contribution in [3.8, 4) is 5.75 Å². The number of carboxylic acid groups (broad SMARTS) is 1. The molecule has 5 heteroatoms. The molecule has 126 valence electrons. The molecule has 0 aromatic heterocycles. The highest BCUT2D eigenvalue weighted by Gasteiger charge is 2.21. The molecule has 2 rings (SSSR count). The highest BCUT2D eigenvalue weighted by molar-refractivity contribution is 5.95. The second kappa shape index (κ2) is 7.99. The van der Waals surface area contributed by atoms with Crippen LogP contribution in [0.1, 0.15) is 56.3 Å². The van der Waals surface area contributed by atoms with Gasteiger partial charge in [0.25, 0.3) is 5.91 Å². The minimum atomic E-state index is -0.901. The number of amides is 1. The Labute approximate surface area is 137 Å². The van der Waals surface area contributed by atoms with Crippen LogP contribution in [0.2, 0.25) is 0 Å². The molecule has 0 saturated heterocycles. The molecule has 1 aromatic rings. The van der Waals surface area contributed by atoms with E-state index in [1.165, 1.54) is 12.8 Å². The second-order valence-corrected chi connectivity index (χ2v) is 6.29. The maximum atomic E-state index is 12.7. The first kappa shape index (κ1) is 17.3. The van der Waals surface area contributed by atoms with E-state index in [4.69, 9.17) is 9.84 Å². The van der Waals surface area contributed by atoms with Gasteiger partial charge >= 0.3 is 5.97 Å². The van der Waals surface area contributed by atoms with Gasteiger partial charge in [0.2, 0.25) is 0 Å². The van der Waals surface area contributed by atoms with Gasteiger partial charge in [0.05, 0.1) is 12.5 Å². The van der Waals surface area contributed by atoms with Crippen molar-refractivity contribution in [2.45, 2.75) is 58.1 Å². The Morgan fingerprint density at radius 2 is 2.00 bits per heavy atom. The molecule has 1 N–H and O–H groups in total. The Morgan fingerprint density at radius 3 is 2.61 bits per heavy atom. The van der Waals surface area contributed by atoms with Gasteiger partial charge in [-0.05, 0) is 57.7 Å². The summed E-state index contributed by atoms with van der Waals surface area (Å²) in [7, 11) is 0. The second-order valence-electron chi connectivity index (χ2n) is 6.29. The Bertz CT molecular complexity index is 550. The Balaban J connectivity index is 2.08. The van der Waals surface area contributed by atoms with Crippen LogP contribution in [-0.4, -0.2) is 40.6 Å². The molecule has 0 radical (unpaired) electrons. The molecule has 1 saturated carbocycles. The molecule has 0 bridgehead atoms. The fourth-order valence-electron chi connectivity index (χ4n) is 2.88. The number of nitrogens with zero attached hydrogens (tertiary/aromatic N) is 1. The number of rotatable bonds is 7. The number of hydrogen-bond donors (Lipinski definition) is 1. The lowest BCUT2D eigenvalue weighted by atomic mass is 10.1. The van der Waals surface area contributed by atoms with Crippen molar-refractivity contribution < 1.29 is 19.4 Å². The number of carboxylic acids is 1. The molecule has 0 unspecified atom stereocenters. The lowest BCUT2D eigenvalue weighted by molar-refractivity contribution is -0.137. The van der Waals surface area contributed by atoms with Crippen molar-refractivity contribution in [1.29, 1.82) is 0 Å². The molecule has 5 nitrogen and oxygen atoms in total. The minimum absolute atomic E-state index is 0.0534. The van der Waals surface area contributed by atoms with Gasteiger partial charge in [0, 0.05) is 18.2 Å². The van der Waals surface area contributed by atoms with Crippen molar-refractivity contribution >= 4 is 11.9 Å². The number of hydrogen-bond acceptors (Lipinski definition) is 3. The maximum absolute atomic E-state index is 12.7. The Kier molecular flexibility index (Phi) is 6.02. The minimum Gasteiger partial charge on any atom is -0.490 e. The monoisotopic (exact) mass is 319 g/mol. The van der Waals surface area contributed by atoms with Gasteiger partial charge in [-0.25, -0.2) is 0 Å². The normalized spacial score (nSPS) is 14.9. The topological polar surface area (TPSA) is 66.8 Å². The standard InChI is InChI=1S/C18H25NO4/c1-13(2)19(11-10-17(20)21)18(22)14-6-5-9-16(12-14)23-15-7-3-4-8-15/h5-6,9,12-13,15H,3-4,7-8,10-11H2,1-2H3,(H,20,21). The van der Waals surface area contributed by atoms with E-state index in [0.29, 0.717) is 11.3 Å². The van der Waals surface area contributed by atoms with E-state index in [0.717, 1.165) is 12.8 Å². The molecule has 1 aliphatic rings. The number of ether oxygens (including phenoxy) is 1. The van der Waals surface area contributed by atoms with Crippen LogP contribution in [0.15, 0.2) is 24.3 Å². The van der Waals surface area contributed by atoms with Gasteiger partial charge in [-0.15, -0.1) is 0 Å². The molecule has 23 heavy (non-hydrogen) atoms. The molecule has 0 heterocycles. The molecule has 1 aliphatic carbocycles. The van der Waals surface area contributed by atoms with E-state index >= 15 is 0 Å². The summed E-state index contributed by atoms with van der Waals surface area (Å²) in [5, 5.41) is 8.84. The van der Waals surface area contributed by atoms with Crippen LogP contribution in [0, 0.1) is 0 Å². The average molecular weight is 319 g/mol. The summed E-state index contributed by atoms with van der Waals surface area (Å²) < 4.78 is 5.94. The van der Waals surface area contributed by atoms with Crippen molar-refractivity contribution in [2.24, 2.45) is 0 Å². The zero-order valence-corrected chi connectivity index (χ0v) is 13.8. The predicted octanol–water partition coefficient (Wildman–Crippen LogP) is 3.33. The van der Waals surface area contributed by atoms with Gasteiger partial charge < -0.3 is 14.7 Å². The van der Waals surface area contributed by atoms with E-state index in [-0.39, 0.29) is 31.0 Å². The summed E-state index contributed by atoms with van der Waals surface area (Å²) in [6.07, 6.45) is 4.71. The van der Waals surface area contributed by atoms with Crippen molar-refractivity contribution in [3.05, 3.63) is 29.8 Å². The van der Waals surface area contributed by atoms with Gasteiger partial charge in [-0.2, -0.15) is 0 Å². The molecule has 0 atom stereocenters. The van der Waals surface area contributed by atoms with Crippen molar-refractivity contribution in [3.63, 3.8) is 0 Å². The van der Waals surface area contributed by atoms with Crippen LogP contribution < -0.4 is 4.74 Å². The summed E-state index contributed by atoms with van der Waals surface area (Å²) in [5.41, 5.74) is 0.541. The van der Waals surface area contributed by atoms with E-state index in [2.05, 4.69) is 0 Å². The zero-order chi connectivity index (χ0) is 16.8. The van der Waals surface area contributed by atoms with Crippen LogP contribution in [0.4, 0.5) is 0 Å².